The number of hydrogen-bond acceptors (Lipinski definition) is 7. The summed E-state index contributed by atoms with van der Waals surface area (Å²) in [6.45, 7) is 5.62. The van der Waals surface area contributed by atoms with E-state index in [1.165, 1.54) is 18.2 Å². The molecular weight excluding hydrogens is 480 g/mol. The minimum Gasteiger partial charge on any atom is -0.444 e. The van der Waals surface area contributed by atoms with Gasteiger partial charge in [0.15, 0.2) is 0 Å². The Hall–Kier alpha value is -2.11. The fraction of sp³-hybridized carbons (Fsp3) is 0.550. The van der Waals surface area contributed by atoms with E-state index in [0.29, 0.717) is 23.0 Å². The summed E-state index contributed by atoms with van der Waals surface area (Å²) in [7, 11) is 0. The van der Waals surface area contributed by atoms with Crippen LogP contribution >= 0.6 is 15.9 Å². The normalized spacial score (nSPS) is 17.7. The Labute approximate surface area is 187 Å². The number of alkyl halides is 2. The van der Waals surface area contributed by atoms with E-state index in [-0.39, 0.29) is 12.0 Å². The van der Waals surface area contributed by atoms with Crippen molar-refractivity contribution in [2.24, 2.45) is 0 Å². The molecule has 1 aliphatic rings. The van der Waals surface area contributed by atoms with Gasteiger partial charge >= 0.3 is 18.0 Å². The monoisotopic (exact) mass is 505 g/mol. The fourth-order valence-electron chi connectivity index (χ4n) is 2.88. The van der Waals surface area contributed by atoms with Crippen LogP contribution in [0.1, 0.15) is 51.2 Å². The van der Waals surface area contributed by atoms with Crippen LogP contribution in [0.2, 0.25) is 0 Å². The number of hydrogen-bond donors (Lipinski definition) is 3. The molecule has 1 aromatic carbocycles. The summed E-state index contributed by atoms with van der Waals surface area (Å²) in [6.07, 6.45) is -2.60. The first-order chi connectivity index (χ1) is 14.4. The first-order valence-electron chi connectivity index (χ1n) is 9.75. The average molecular weight is 506 g/mol. The number of ether oxygens (including phenoxy) is 2. The maximum atomic E-state index is 13.1. The lowest BCUT2D eigenvalue weighted by Gasteiger charge is -2.25. The van der Waals surface area contributed by atoms with E-state index in [9.17, 15) is 23.2 Å². The van der Waals surface area contributed by atoms with Crippen LogP contribution in [0.25, 0.3) is 0 Å². The van der Waals surface area contributed by atoms with Gasteiger partial charge in [-0.25, -0.2) is 28.6 Å². The van der Waals surface area contributed by atoms with E-state index < -0.39 is 42.1 Å². The smallest absolute Gasteiger partial charge is 0.408 e. The quantitative estimate of drug-likeness (QED) is 0.402. The maximum Gasteiger partial charge on any atom is 0.408 e. The molecule has 172 valence electrons. The van der Waals surface area contributed by atoms with E-state index in [1.807, 2.05) is 0 Å². The van der Waals surface area contributed by atoms with Crippen LogP contribution in [0.3, 0.4) is 0 Å². The molecule has 1 amide bonds. The predicted octanol–water partition coefficient (Wildman–Crippen LogP) is 3.15. The van der Waals surface area contributed by atoms with Gasteiger partial charge in [0.25, 0.3) is 6.43 Å². The van der Waals surface area contributed by atoms with Crippen molar-refractivity contribution in [1.82, 2.24) is 16.2 Å². The van der Waals surface area contributed by atoms with E-state index in [0.717, 1.165) is 6.42 Å². The first kappa shape index (κ1) is 25.2. The van der Waals surface area contributed by atoms with Crippen molar-refractivity contribution >= 4 is 34.0 Å². The molecule has 8 nitrogen and oxygen atoms in total. The summed E-state index contributed by atoms with van der Waals surface area (Å²) < 4.78 is 36.8. The molecule has 1 heterocycles. The van der Waals surface area contributed by atoms with Gasteiger partial charge in [0, 0.05) is 23.0 Å². The highest BCUT2D eigenvalue weighted by atomic mass is 79.9. The zero-order chi connectivity index (χ0) is 23.2. The van der Waals surface area contributed by atoms with Crippen LogP contribution < -0.4 is 16.2 Å². The van der Waals surface area contributed by atoms with Gasteiger partial charge in [0.2, 0.25) is 0 Å². The molecule has 31 heavy (non-hydrogen) atoms. The molecule has 0 radical (unpaired) electrons. The van der Waals surface area contributed by atoms with Crippen molar-refractivity contribution in [3.8, 4) is 0 Å². The van der Waals surface area contributed by atoms with Crippen LogP contribution in [-0.2, 0) is 25.5 Å². The summed E-state index contributed by atoms with van der Waals surface area (Å²) >= 11 is 3.16. The standard InChI is InChI=1S/C20H26BrF2N3O5/c1-20(2,3)31-19(29)25-15(9-11-7-12(16(22)23)10-13(21)8-11)18(28)30-17(27)14-5-4-6-24-26-14/h7-8,10,14-16,24,26H,4-6,9H2,1-3H3,(H,25,29)/t14?,15-/m0/s1. The van der Waals surface area contributed by atoms with Crippen LogP contribution in [0, 0.1) is 0 Å². The molecule has 1 aliphatic heterocycles. The molecule has 0 spiro atoms. The van der Waals surface area contributed by atoms with Crippen molar-refractivity contribution in [3.05, 3.63) is 33.8 Å². The van der Waals surface area contributed by atoms with Gasteiger partial charge in [-0.2, -0.15) is 0 Å². The third kappa shape index (κ3) is 8.50. The Bertz CT molecular complexity index is 810. The second kappa shape index (κ2) is 11.0. The van der Waals surface area contributed by atoms with Crippen molar-refractivity contribution in [1.29, 1.82) is 0 Å². The van der Waals surface area contributed by atoms with Crippen LogP contribution in [0.5, 0.6) is 0 Å². The summed E-state index contributed by atoms with van der Waals surface area (Å²) in [6, 6.07) is 1.98. The molecule has 0 aromatic heterocycles. The Morgan fingerprint density at radius 3 is 2.55 bits per heavy atom. The Morgan fingerprint density at radius 2 is 1.97 bits per heavy atom. The number of benzene rings is 1. The Balaban J connectivity index is 2.18. The largest absolute Gasteiger partial charge is 0.444 e. The van der Waals surface area contributed by atoms with Crippen molar-refractivity contribution in [2.75, 3.05) is 6.54 Å². The van der Waals surface area contributed by atoms with Gasteiger partial charge < -0.3 is 14.8 Å². The SMILES string of the molecule is CC(C)(C)OC(=O)N[C@@H](Cc1cc(Br)cc(C(F)F)c1)C(=O)OC(=O)C1CCCNN1. The highest BCUT2D eigenvalue weighted by Gasteiger charge is 2.31. The number of carbonyl (C=O) groups is 3. The lowest BCUT2D eigenvalue weighted by atomic mass is 10.0. The van der Waals surface area contributed by atoms with Crippen molar-refractivity contribution in [3.63, 3.8) is 0 Å². The van der Waals surface area contributed by atoms with E-state index in [4.69, 9.17) is 9.47 Å². The van der Waals surface area contributed by atoms with Crippen LogP contribution in [0.15, 0.2) is 22.7 Å². The lowest BCUT2D eigenvalue weighted by Crippen LogP contribution is -2.52. The van der Waals surface area contributed by atoms with Gasteiger partial charge in [0.1, 0.15) is 17.7 Å². The van der Waals surface area contributed by atoms with E-state index >= 15 is 0 Å². The van der Waals surface area contributed by atoms with Gasteiger partial charge in [-0.05, 0) is 57.4 Å². The molecule has 0 saturated carbocycles. The number of alkyl carbamates (subject to hydrolysis) is 1. The minimum atomic E-state index is -2.72. The second-order valence-electron chi connectivity index (χ2n) is 8.10. The predicted molar refractivity (Wildman–Crippen MR) is 111 cm³/mol. The zero-order valence-electron chi connectivity index (χ0n) is 17.5. The van der Waals surface area contributed by atoms with Crippen molar-refractivity contribution < 1.29 is 32.6 Å². The number of rotatable bonds is 6. The molecule has 11 heteroatoms. The summed E-state index contributed by atoms with van der Waals surface area (Å²) in [5.74, 6) is -1.81. The number of carbonyl (C=O) groups excluding carboxylic acids is 3. The van der Waals surface area contributed by atoms with Gasteiger partial charge in [0.05, 0.1) is 0 Å². The van der Waals surface area contributed by atoms with E-state index in [1.54, 1.807) is 20.8 Å². The molecule has 0 aliphatic carbocycles. The molecule has 0 bridgehead atoms. The number of esters is 2. The molecule has 2 atom stereocenters. The third-order valence-corrected chi connectivity index (χ3v) is 4.66. The van der Waals surface area contributed by atoms with E-state index in [2.05, 4.69) is 32.1 Å². The lowest BCUT2D eigenvalue weighted by molar-refractivity contribution is -0.163. The molecule has 1 fully saturated rings. The average Bonchev–Trinajstić information content (AvgIpc) is 2.66. The second-order valence-corrected chi connectivity index (χ2v) is 9.02. The highest BCUT2D eigenvalue weighted by molar-refractivity contribution is 9.10. The minimum absolute atomic E-state index is 0.180. The molecule has 1 saturated heterocycles. The molecular formula is C20H26BrF2N3O5. The summed E-state index contributed by atoms with van der Waals surface area (Å²) in [5.41, 5.74) is 4.81. The number of hydrazine groups is 1. The van der Waals surface area contributed by atoms with Gasteiger partial charge in [-0.15, -0.1) is 0 Å². The van der Waals surface area contributed by atoms with Crippen LogP contribution in [0.4, 0.5) is 13.6 Å². The third-order valence-electron chi connectivity index (χ3n) is 4.20. The fourth-order valence-corrected chi connectivity index (χ4v) is 3.44. The molecule has 1 unspecified atom stereocenters. The van der Waals surface area contributed by atoms with Gasteiger partial charge in [-0.1, -0.05) is 15.9 Å². The number of halogens is 3. The summed E-state index contributed by atoms with van der Waals surface area (Å²) in [4.78, 5) is 37.2. The molecule has 1 aromatic rings. The summed E-state index contributed by atoms with van der Waals surface area (Å²) in [5, 5.41) is 2.37. The molecule has 2 rings (SSSR count). The zero-order valence-corrected chi connectivity index (χ0v) is 19.1. The van der Waals surface area contributed by atoms with Crippen LogP contribution in [-0.4, -0.2) is 42.3 Å². The topological polar surface area (TPSA) is 106 Å². The maximum absolute atomic E-state index is 13.1. The van der Waals surface area contributed by atoms with Crippen molar-refractivity contribution in [2.45, 2.75) is 64.1 Å². The number of nitrogens with one attached hydrogen (secondary N) is 3. The first-order valence-corrected chi connectivity index (χ1v) is 10.5. The van der Waals surface area contributed by atoms with Gasteiger partial charge in [-0.3, -0.25) is 5.43 Å². The Kier molecular flexibility index (Phi) is 8.90. The highest BCUT2D eigenvalue weighted by Crippen LogP contribution is 2.25. The Morgan fingerprint density at radius 1 is 1.26 bits per heavy atom. The number of amides is 1. The molecule has 3 N–H and O–H groups in total.